The molecule has 1 N–H and O–H groups in total. The Morgan fingerprint density at radius 3 is 1.82 bits per heavy atom. The predicted molar refractivity (Wildman–Crippen MR) is 73.2 cm³/mol. The zero-order chi connectivity index (χ0) is 13.3. The summed E-state index contributed by atoms with van der Waals surface area (Å²) in [5.41, 5.74) is -0.00609. The Kier molecular flexibility index (Phi) is 8.28. The van der Waals surface area contributed by atoms with Gasteiger partial charge in [-0.2, -0.15) is 0 Å². The van der Waals surface area contributed by atoms with E-state index < -0.39 is 5.97 Å². The summed E-state index contributed by atoms with van der Waals surface area (Å²) in [7, 11) is 0. The van der Waals surface area contributed by atoms with Gasteiger partial charge in [-0.25, -0.2) is 0 Å². The second-order valence-electron chi connectivity index (χ2n) is 5.54. The second kappa shape index (κ2) is 8.54. The van der Waals surface area contributed by atoms with Gasteiger partial charge in [-0.05, 0) is 24.7 Å². The van der Waals surface area contributed by atoms with E-state index in [0.717, 1.165) is 51.4 Å². The summed E-state index contributed by atoms with van der Waals surface area (Å²) < 4.78 is 0. The molecule has 2 nitrogen and oxygen atoms in total. The minimum Gasteiger partial charge on any atom is -0.481 e. The van der Waals surface area contributed by atoms with Crippen molar-refractivity contribution in [2.24, 2.45) is 11.3 Å². The molecule has 0 heterocycles. The van der Waals surface area contributed by atoms with Gasteiger partial charge in [0.25, 0.3) is 0 Å². The monoisotopic (exact) mass is 242 g/mol. The van der Waals surface area contributed by atoms with Crippen LogP contribution in [0.25, 0.3) is 0 Å². The van der Waals surface area contributed by atoms with Gasteiger partial charge >= 0.3 is 5.97 Å². The molecule has 1 unspecified atom stereocenters. The number of hydrogen-bond acceptors (Lipinski definition) is 1. The van der Waals surface area contributed by atoms with Gasteiger partial charge in [0, 0.05) is 0 Å². The van der Waals surface area contributed by atoms with Crippen LogP contribution in [0.15, 0.2) is 0 Å². The fourth-order valence-electron chi connectivity index (χ4n) is 2.69. The molecular weight excluding hydrogens is 212 g/mol. The Bertz CT molecular complexity index is 203. The highest BCUT2D eigenvalue weighted by Gasteiger charge is 2.37. The van der Waals surface area contributed by atoms with Crippen LogP contribution in [0.3, 0.4) is 0 Å². The fraction of sp³-hybridized carbons (Fsp3) is 0.933. The molecule has 0 saturated carbocycles. The Hall–Kier alpha value is -0.530. The van der Waals surface area contributed by atoms with Crippen LogP contribution in [0.1, 0.15) is 79.1 Å². The second-order valence-corrected chi connectivity index (χ2v) is 5.54. The molecule has 0 spiro atoms. The van der Waals surface area contributed by atoms with Crippen molar-refractivity contribution in [1.29, 1.82) is 0 Å². The number of hydrogen-bond donors (Lipinski definition) is 1. The lowest BCUT2D eigenvalue weighted by Crippen LogP contribution is -2.33. The quantitative estimate of drug-likeness (QED) is 0.593. The minimum absolute atomic E-state index is 0.00609. The third kappa shape index (κ3) is 5.56. The number of rotatable bonds is 10. The van der Waals surface area contributed by atoms with Crippen LogP contribution in [0.2, 0.25) is 0 Å². The van der Waals surface area contributed by atoms with Crippen LogP contribution in [0.4, 0.5) is 0 Å². The average Bonchev–Trinajstić information content (AvgIpc) is 2.30. The van der Waals surface area contributed by atoms with Crippen LogP contribution in [0.5, 0.6) is 0 Å². The largest absolute Gasteiger partial charge is 0.481 e. The third-order valence-corrected chi connectivity index (χ3v) is 3.92. The molecule has 0 aromatic rings. The third-order valence-electron chi connectivity index (χ3n) is 3.92. The smallest absolute Gasteiger partial charge is 0.307 e. The van der Waals surface area contributed by atoms with Crippen LogP contribution < -0.4 is 0 Å². The lowest BCUT2D eigenvalue weighted by Gasteiger charge is -2.35. The van der Waals surface area contributed by atoms with E-state index in [1.54, 1.807) is 0 Å². The maximum atomic E-state index is 11.5. The van der Waals surface area contributed by atoms with Crippen LogP contribution >= 0.6 is 0 Å². The summed E-state index contributed by atoms with van der Waals surface area (Å²) in [6.45, 7) is 8.62. The zero-order valence-corrected chi connectivity index (χ0v) is 12.1. The van der Waals surface area contributed by atoms with Gasteiger partial charge in [-0.1, -0.05) is 59.8 Å². The molecule has 102 valence electrons. The molecule has 0 saturated heterocycles. The lowest BCUT2D eigenvalue weighted by molar-refractivity contribution is -0.147. The molecule has 17 heavy (non-hydrogen) atoms. The highest BCUT2D eigenvalue weighted by atomic mass is 16.4. The molecule has 0 bridgehead atoms. The van der Waals surface area contributed by atoms with E-state index >= 15 is 0 Å². The molecule has 1 atom stereocenters. The van der Waals surface area contributed by atoms with Gasteiger partial charge in [0.2, 0.25) is 0 Å². The van der Waals surface area contributed by atoms with Crippen LogP contribution in [-0.4, -0.2) is 11.1 Å². The van der Waals surface area contributed by atoms with Crippen molar-refractivity contribution >= 4 is 5.97 Å². The molecule has 0 aliphatic rings. The van der Waals surface area contributed by atoms with E-state index in [4.69, 9.17) is 0 Å². The highest BCUT2D eigenvalue weighted by molar-refractivity contribution is 5.71. The Labute approximate surface area is 107 Å². The Morgan fingerprint density at radius 2 is 1.53 bits per heavy atom. The summed E-state index contributed by atoms with van der Waals surface area (Å²) in [6, 6.07) is 0. The van der Waals surface area contributed by atoms with Gasteiger partial charge in [0.05, 0.1) is 5.92 Å². The zero-order valence-electron chi connectivity index (χ0n) is 12.1. The van der Waals surface area contributed by atoms with Crippen molar-refractivity contribution in [1.82, 2.24) is 0 Å². The van der Waals surface area contributed by atoms with E-state index in [9.17, 15) is 9.90 Å². The Balaban J connectivity index is 4.74. The fourth-order valence-corrected chi connectivity index (χ4v) is 2.69. The van der Waals surface area contributed by atoms with Crippen molar-refractivity contribution in [3.63, 3.8) is 0 Å². The molecular formula is C15H30O2. The first kappa shape index (κ1) is 16.5. The molecule has 0 aromatic heterocycles. The van der Waals surface area contributed by atoms with E-state index in [1.165, 1.54) is 0 Å². The SMILES string of the molecule is CCCCC(C)(CCCC)C(CCC)C(=O)O. The summed E-state index contributed by atoms with van der Waals surface area (Å²) in [4.78, 5) is 11.5. The molecule has 0 rings (SSSR count). The molecule has 0 radical (unpaired) electrons. The van der Waals surface area contributed by atoms with Crippen molar-refractivity contribution in [2.75, 3.05) is 0 Å². The summed E-state index contributed by atoms with van der Waals surface area (Å²) in [6.07, 6.45) is 8.49. The summed E-state index contributed by atoms with van der Waals surface area (Å²) >= 11 is 0. The first-order valence-electron chi connectivity index (χ1n) is 7.24. The van der Waals surface area contributed by atoms with Crippen molar-refractivity contribution in [2.45, 2.75) is 79.1 Å². The first-order valence-corrected chi connectivity index (χ1v) is 7.24. The van der Waals surface area contributed by atoms with E-state index in [1.807, 2.05) is 0 Å². The molecule has 2 heteroatoms. The first-order chi connectivity index (χ1) is 8.01. The van der Waals surface area contributed by atoms with Crippen molar-refractivity contribution in [3.05, 3.63) is 0 Å². The van der Waals surface area contributed by atoms with E-state index in [0.29, 0.717) is 0 Å². The molecule has 0 amide bonds. The molecule has 0 aliphatic heterocycles. The van der Waals surface area contributed by atoms with Crippen LogP contribution in [0, 0.1) is 11.3 Å². The van der Waals surface area contributed by atoms with E-state index in [2.05, 4.69) is 27.7 Å². The van der Waals surface area contributed by atoms with E-state index in [-0.39, 0.29) is 11.3 Å². The highest BCUT2D eigenvalue weighted by Crippen LogP contribution is 2.40. The summed E-state index contributed by atoms with van der Waals surface area (Å²) in [5, 5.41) is 9.44. The normalized spacial score (nSPS) is 13.6. The van der Waals surface area contributed by atoms with Gasteiger partial charge in [0.1, 0.15) is 0 Å². The topological polar surface area (TPSA) is 37.3 Å². The number of aliphatic carboxylic acids is 1. The number of carbonyl (C=O) groups is 1. The number of carboxylic acid groups (broad SMARTS) is 1. The molecule has 0 fully saturated rings. The molecule has 0 aliphatic carbocycles. The average molecular weight is 242 g/mol. The lowest BCUT2D eigenvalue weighted by atomic mass is 9.68. The maximum Gasteiger partial charge on any atom is 0.307 e. The van der Waals surface area contributed by atoms with Crippen molar-refractivity contribution in [3.8, 4) is 0 Å². The van der Waals surface area contributed by atoms with Gasteiger partial charge in [-0.3, -0.25) is 4.79 Å². The Morgan fingerprint density at radius 1 is 1.06 bits per heavy atom. The van der Waals surface area contributed by atoms with Gasteiger partial charge < -0.3 is 5.11 Å². The predicted octanol–water partition coefficient (Wildman–Crippen LogP) is 4.87. The van der Waals surface area contributed by atoms with Gasteiger partial charge in [0.15, 0.2) is 0 Å². The summed E-state index contributed by atoms with van der Waals surface area (Å²) in [5.74, 6) is -0.757. The van der Waals surface area contributed by atoms with Crippen molar-refractivity contribution < 1.29 is 9.90 Å². The standard InChI is InChI=1S/C15H30O2/c1-5-8-11-15(4,12-9-6-2)13(10-7-3)14(16)17/h13H,5-12H2,1-4H3,(H,16,17). The maximum absolute atomic E-state index is 11.5. The number of unbranched alkanes of at least 4 members (excludes halogenated alkanes) is 2. The number of carboxylic acids is 1. The molecule has 0 aromatic carbocycles. The van der Waals surface area contributed by atoms with Crippen LogP contribution in [-0.2, 0) is 4.79 Å². The minimum atomic E-state index is -0.596. The van der Waals surface area contributed by atoms with Gasteiger partial charge in [-0.15, -0.1) is 0 Å².